The predicted molar refractivity (Wildman–Crippen MR) is 157 cm³/mol. The molecule has 8 nitrogen and oxygen atoms in total. The summed E-state index contributed by atoms with van der Waals surface area (Å²) >= 11 is 0. The standard InChI is InChI=1S/C32H34F8N2O6S/c1-27(2,3)48-26(44)42-16-28(45,17-42)15-25(43)41-24-12-13-29(49(46,47)21-8-6-20(33)7-9-21)22-11-5-19(14-18(22)4-10-23(24)29)30(34,31(35,36)37)32(38,39)40/h5-9,11,14,23-24,45H,4,10,12-13,15-17H2,1-3H3,(H,41,43)/t23-,24+,29+/m0/s1. The van der Waals surface area contributed by atoms with Gasteiger partial charge in [-0.05, 0) is 81.8 Å². The fourth-order valence-electron chi connectivity index (χ4n) is 7.34. The lowest BCUT2D eigenvalue weighted by molar-refractivity contribution is -0.348. The van der Waals surface area contributed by atoms with Crippen LogP contribution in [0.4, 0.5) is 39.9 Å². The van der Waals surface area contributed by atoms with E-state index in [1.165, 1.54) is 4.90 Å². The van der Waals surface area contributed by atoms with Crippen LogP contribution in [0.5, 0.6) is 0 Å². The number of fused-ring (bicyclic) bond motifs is 3. The van der Waals surface area contributed by atoms with Crippen molar-refractivity contribution in [2.24, 2.45) is 5.92 Å². The lowest BCUT2D eigenvalue weighted by atomic mass is 9.74. The molecule has 270 valence electrons. The predicted octanol–water partition coefficient (Wildman–Crippen LogP) is 6.00. The molecule has 49 heavy (non-hydrogen) atoms. The summed E-state index contributed by atoms with van der Waals surface area (Å²) in [6, 6.07) is 4.26. The molecule has 2 aromatic carbocycles. The zero-order valence-corrected chi connectivity index (χ0v) is 27.3. The van der Waals surface area contributed by atoms with E-state index in [2.05, 4.69) is 5.32 Å². The molecule has 2 fully saturated rings. The molecule has 17 heteroatoms. The van der Waals surface area contributed by atoms with E-state index >= 15 is 4.39 Å². The number of β-amino-alcohol motifs (C(OH)–C–C–N with tert-alkyl or cyclic N) is 1. The third-order valence-electron chi connectivity index (χ3n) is 9.44. The first-order valence-corrected chi connectivity index (χ1v) is 16.8. The minimum Gasteiger partial charge on any atom is -0.444 e. The molecule has 2 aromatic rings. The van der Waals surface area contributed by atoms with E-state index in [-0.39, 0.29) is 60.9 Å². The number of amides is 2. The van der Waals surface area contributed by atoms with E-state index in [0.29, 0.717) is 6.07 Å². The molecular weight excluding hydrogens is 692 g/mol. The van der Waals surface area contributed by atoms with E-state index in [0.717, 1.165) is 30.3 Å². The van der Waals surface area contributed by atoms with E-state index in [1.54, 1.807) is 20.8 Å². The molecule has 3 aliphatic rings. The highest BCUT2D eigenvalue weighted by Gasteiger charge is 2.74. The number of benzene rings is 2. The van der Waals surface area contributed by atoms with Crippen molar-refractivity contribution in [1.29, 1.82) is 0 Å². The Balaban J connectivity index is 1.47. The summed E-state index contributed by atoms with van der Waals surface area (Å²) in [4.78, 5) is 26.3. The van der Waals surface area contributed by atoms with Crippen LogP contribution in [0.1, 0.15) is 63.1 Å². The fourth-order valence-corrected chi connectivity index (χ4v) is 9.81. The summed E-state index contributed by atoms with van der Waals surface area (Å²) in [7, 11) is -4.59. The van der Waals surface area contributed by atoms with Crippen LogP contribution in [0, 0.1) is 11.7 Å². The number of hydrogen-bond acceptors (Lipinski definition) is 6. The summed E-state index contributed by atoms with van der Waals surface area (Å²) in [5, 5.41) is 13.6. The number of hydrogen-bond donors (Lipinski definition) is 2. The summed E-state index contributed by atoms with van der Waals surface area (Å²) in [5.41, 5.74) is -10.3. The number of ether oxygens (including phenoxy) is 1. The molecule has 0 bridgehead atoms. The van der Waals surface area contributed by atoms with Gasteiger partial charge < -0.3 is 20.1 Å². The number of nitrogens with one attached hydrogen (secondary N) is 1. The Kier molecular flexibility index (Phi) is 8.87. The van der Waals surface area contributed by atoms with Gasteiger partial charge in [0.1, 0.15) is 21.8 Å². The van der Waals surface area contributed by atoms with Gasteiger partial charge in [0.15, 0.2) is 9.84 Å². The van der Waals surface area contributed by atoms with Crippen LogP contribution in [0.25, 0.3) is 0 Å². The van der Waals surface area contributed by atoms with Crippen molar-refractivity contribution in [3.63, 3.8) is 0 Å². The zero-order chi connectivity index (χ0) is 36.6. The third-order valence-corrected chi connectivity index (χ3v) is 12.0. The van der Waals surface area contributed by atoms with E-state index in [9.17, 15) is 53.8 Å². The molecule has 0 spiro atoms. The van der Waals surface area contributed by atoms with Crippen molar-refractivity contribution in [1.82, 2.24) is 10.2 Å². The fraction of sp³-hybridized carbons (Fsp3) is 0.562. The quantitative estimate of drug-likeness (QED) is 0.279. The van der Waals surface area contributed by atoms with Crippen LogP contribution in [-0.4, -0.2) is 73.1 Å². The van der Waals surface area contributed by atoms with Gasteiger partial charge in [-0.25, -0.2) is 22.0 Å². The van der Waals surface area contributed by atoms with Crippen molar-refractivity contribution >= 4 is 21.8 Å². The van der Waals surface area contributed by atoms with Crippen molar-refractivity contribution < 1.29 is 63.0 Å². The van der Waals surface area contributed by atoms with Crippen LogP contribution in [-0.2, 0) is 36.2 Å². The second-order valence-electron chi connectivity index (χ2n) is 14.0. The Morgan fingerprint density at radius 2 is 1.55 bits per heavy atom. The molecule has 0 radical (unpaired) electrons. The highest BCUT2D eigenvalue weighted by Crippen LogP contribution is 2.59. The van der Waals surface area contributed by atoms with Crippen molar-refractivity contribution in [3.05, 3.63) is 65.0 Å². The Labute approximate surface area is 276 Å². The summed E-state index contributed by atoms with van der Waals surface area (Å²) < 4.78 is 142. The van der Waals surface area contributed by atoms with Crippen LogP contribution in [0.15, 0.2) is 47.4 Å². The number of aryl methyl sites for hydroxylation is 1. The molecule has 1 aliphatic heterocycles. The zero-order valence-electron chi connectivity index (χ0n) is 26.5. The number of carbonyl (C=O) groups is 2. The van der Waals surface area contributed by atoms with Gasteiger partial charge in [0.25, 0.3) is 0 Å². The lowest BCUT2D eigenvalue weighted by Crippen LogP contribution is -2.65. The number of sulfone groups is 1. The van der Waals surface area contributed by atoms with Crippen molar-refractivity contribution in [2.75, 3.05) is 13.1 Å². The topological polar surface area (TPSA) is 113 Å². The van der Waals surface area contributed by atoms with Gasteiger partial charge in [-0.2, -0.15) is 26.3 Å². The molecule has 0 aromatic heterocycles. The molecule has 0 unspecified atom stereocenters. The minimum atomic E-state index is -6.38. The van der Waals surface area contributed by atoms with Gasteiger partial charge in [-0.3, -0.25) is 4.79 Å². The van der Waals surface area contributed by atoms with E-state index < -0.39 is 85.6 Å². The summed E-state index contributed by atoms with van der Waals surface area (Å²) in [6.07, 6.45) is -14.6. The molecule has 2 N–H and O–H groups in total. The monoisotopic (exact) mass is 726 g/mol. The highest BCUT2D eigenvalue weighted by atomic mass is 32.2. The Morgan fingerprint density at radius 1 is 0.959 bits per heavy atom. The molecule has 1 saturated heterocycles. The van der Waals surface area contributed by atoms with Crippen LogP contribution >= 0.6 is 0 Å². The molecule has 3 atom stereocenters. The number of aliphatic hydroxyl groups is 1. The van der Waals surface area contributed by atoms with Gasteiger partial charge in [0.05, 0.1) is 24.4 Å². The van der Waals surface area contributed by atoms with Crippen molar-refractivity contribution in [2.45, 2.75) is 97.8 Å². The first kappa shape index (κ1) is 36.8. The number of rotatable bonds is 6. The Morgan fingerprint density at radius 3 is 2.10 bits per heavy atom. The largest absolute Gasteiger partial charge is 0.444 e. The molecule has 2 amide bonds. The van der Waals surface area contributed by atoms with Gasteiger partial charge in [-0.15, -0.1) is 0 Å². The second-order valence-corrected chi connectivity index (χ2v) is 16.2. The maximum atomic E-state index is 15.0. The molecular formula is C32H34F8N2O6S. The van der Waals surface area contributed by atoms with Gasteiger partial charge in [-0.1, -0.05) is 18.2 Å². The maximum Gasteiger partial charge on any atom is 0.435 e. The van der Waals surface area contributed by atoms with Crippen molar-refractivity contribution in [3.8, 4) is 0 Å². The smallest absolute Gasteiger partial charge is 0.435 e. The third kappa shape index (κ3) is 6.25. The Bertz CT molecular complexity index is 1720. The number of nitrogens with zero attached hydrogens (tertiary/aromatic N) is 1. The van der Waals surface area contributed by atoms with E-state index in [1.807, 2.05) is 0 Å². The lowest BCUT2D eigenvalue weighted by Gasteiger charge is -2.46. The number of likely N-dealkylation sites (tertiary alicyclic amines) is 1. The van der Waals surface area contributed by atoms with E-state index in [4.69, 9.17) is 4.74 Å². The summed E-state index contributed by atoms with van der Waals surface area (Å²) in [6.45, 7) is 4.54. The maximum absolute atomic E-state index is 15.0. The summed E-state index contributed by atoms with van der Waals surface area (Å²) in [5.74, 6) is -2.43. The van der Waals surface area contributed by atoms with Crippen LogP contribution in [0.3, 0.4) is 0 Å². The normalized spacial score (nSPS) is 24.0. The molecule has 1 heterocycles. The van der Waals surface area contributed by atoms with Gasteiger partial charge in [0.2, 0.25) is 5.91 Å². The first-order chi connectivity index (χ1) is 22.3. The second kappa shape index (κ2) is 11.8. The SMILES string of the molecule is CC(C)(C)OC(=O)N1CC(O)(CC(=O)N[C@@H]2CC[C@@]3(S(=O)(=O)c4ccc(F)cc4)c4ccc(C(F)(C(F)(F)F)C(F)(F)F)cc4CC[C@@H]23)C1. The average Bonchev–Trinajstić information content (AvgIpc) is 3.33. The molecule has 2 aliphatic carbocycles. The number of carbonyl (C=O) groups excluding carboxylic acids is 2. The molecule has 5 rings (SSSR count). The average molecular weight is 727 g/mol. The van der Waals surface area contributed by atoms with Crippen LogP contribution < -0.4 is 5.32 Å². The highest BCUT2D eigenvalue weighted by molar-refractivity contribution is 7.92. The Hall–Kier alpha value is -3.47. The number of halogens is 8. The van der Waals surface area contributed by atoms with Crippen LogP contribution in [0.2, 0.25) is 0 Å². The number of alkyl halides is 7. The first-order valence-electron chi connectivity index (χ1n) is 15.3. The molecule has 1 saturated carbocycles. The minimum absolute atomic E-state index is 0.00135. The van der Waals surface area contributed by atoms with Gasteiger partial charge in [0, 0.05) is 17.5 Å². The van der Waals surface area contributed by atoms with Gasteiger partial charge >= 0.3 is 24.1 Å².